The number of nitrogens with one attached hydrogen (secondary N) is 1. The number of carbonyl (C=O) groups is 1. The van der Waals surface area contributed by atoms with E-state index in [-0.39, 0.29) is 12.5 Å². The highest BCUT2D eigenvalue weighted by atomic mass is 79.9. The second-order valence-corrected chi connectivity index (χ2v) is 8.99. The summed E-state index contributed by atoms with van der Waals surface area (Å²) in [6, 6.07) is 15.9. The number of nitrogens with zero attached hydrogens (tertiary/aromatic N) is 2. The van der Waals surface area contributed by atoms with E-state index in [1.54, 1.807) is 0 Å². The SMILES string of the molecule is O=C(COc1ccc(-c2ccccc2)cc1Br)Nc1nnc(C2CCCCC2)s1. The van der Waals surface area contributed by atoms with Crippen molar-refractivity contribution in [2.45, 2.75) is 38.0 Å². The van der Waals surface area contributed by atoms with Gasteiger partial charge in [-0.1, -0.05) is 67.0 Å². The lowest BCUT2D eigenvalue weighted by Crippen LogP contribution is -2.20. The number of carbonyl (C=O) groups excluding carboxylic acids is 1. The van der Waals surface area contributed by atoms with Crippen LogP contribution in [0.15, 0.2) is 53.0 Å². The summed E-state index contributed by atoms with van der Waals surface area (Å²) < 4.78 is 6.49. The Hall–Kier alpha value is -2.25. The molecule has 7 heteroatoms. The van der Waals surface area contributed by atoms with Gasteiger partial charge in [-0.2, -0.15) is 0 Å². The summed E-state index contributed by atoms with van der Waals surface area (Å²) in [5, 5.41) is 12.8. The summed E-state index contributed by atoms with van der Waals surface area (Å²) in [7, 11) is 0. The number of rotatable bonds is 6. The zero-order chi connectivity index (χ0) is 20.1. The fourth-order valence-corrected chi connectivity index (χ4v) is 4.95. The summed E-state index contributed by atoms with van der Waals surface area (Å²) in [6.07, 6.45) is 6.13. The molecular weight excluding hydrogens is 450 g/mol. The van der Waals surface area contributed by atoms with Crippen molar-refractivity contribution in [1.29, 1.82) is 0 Å². The van der Waals surface area contributed by atoms with Crippen LogP contribution in [0.4, 0.5) is 5.13 Å². The molecule has 1 saturated carbocycles. The van der Waals surface area contributed by atoms with E-state index in [4.69, 9.17) is 4.74 Å². The minimum atomic E-state index is -0.240. The van der Waals surface area contributed by atoms with Crippen molar-refractivity contribution in [2.24, 2.45) is 0 Å². The number of anilines is 1. The van der Waals surface area contributed by atoms with Crippen LogP contribution in [0, 0.1) is 0 Å². The van der Waals surface area contributed by atoms with Gasteiger partial charge in [0.05, 0.1) is 4.47 Å². The first-order valence-corrected chi connectivity index (χ1v) is 11.4. The molecule has 5 nitrogen and oxygen atoms in total. The monoisotopic (exact) mass is 471 g/mol. The van der Waals surface area contributed by atoms with Crippen LogP contribution in [0.5, 0.6) is 5.75 Å². The first-order valence-electron chi connectivity index (χ1n) is 9.80. The van der Waals surface area contributed by atoms with Gasteiger partial charge in [-0.25, -0.2) is 0 Å². The molecule has 1 aromatic heterocycles. The molecule has 0 atom stereocenters. The van der Waals surface area contributed by atoms with E-state index in [1.165, 1.54) is 43.4 Å². The molecule has 4 rings (SSSR count). The fourth-order valence-electron chi connectivity index (χ4n) is 3.53. The van der Waals surface area contributed by atoms with Gasteiger partial charge in [-0.3, -0.25) is 10.1 Å². The van der Waals surface area contributed by atoms with Crippen LogP contribution >= 0.6 is 27.3 Å². The van der Waals surface area contributed by atoms with Crippen LogP contribution in [-0.4, -0.2) is 22.7 Å². The summed E-state index contributed by atoms with van der Waals surface area (Å²) in [4.78, 5) is 12.3. The lowest BCUT2D eigenvalue weighted by molar-refractivity contribution is -0.118. The van der Waals surface area contributed by atoms with Crippen LogP contribution in [0.1, 0.15) is 43.0 Å². The third-order valence-electron chi connectivity index (χ3n) is 5.04. The largest absolute Gasteiger partial charge is 0.483 e. The average molecular weight is 472 g/mol. The Kier molecular flexibility index (Phi) is 6.56. The number of amides is 1. The summed E-state index contributed by atoms with van der Waals surface area (Å²) in [5.74, 6) is 0.873. The number of ether oxygens (including phenoxy) is 1. The molecule has 1 fully saturated rings. The maximum Gasteiger partial charge on any atom is 0.264 e. The Morgan fingerprint density at radius 1 is 1.07 bits per heavy atom. The number of hydrogen-bond donors (Lipinski definition) is 1. The molecule has 1 aliphatic rings. The van der Waals surface area contributed by atoms with Gasteiger partial charge in [0.15, 0.2) is 6.61 Å². The molecule has 3 aromatic rings. The molecule has 0 radical (unpaired) electrons. The van der Waals surface area contributed by atoms with Gasteiger partial charge in [0.1, 0.15) is 10.8 Å². The fraction of sp³-hybridized carbons (Fsp3) is 0.318. The van der Waals surface area contributed by atoms with Crippen LogP contribution in [-0.2, 0) is 4.79 Å². The molecule has 29 heavy (non-hydrogen) atoms. The molecule has 1 heterocycles. The highest BCUT2D eigenvalue weighted by molar-refractivity contribution is 9.10. The van der Waals surface area contributed by atoms with Crippen molar-refractivity contribution in [2.75, 3.05) is 11.9 Å². The maximum absolute atomic E-state index is 12.3. The molecule has 0 bridgehead atoms. The van der Waals surface area contributed by atoms with Crippen molar-refractivity contribution in [3.63, 3.8) is 0 Å². The minimum absolute atomic E-state index is 0.0817. The molecule has 0 saturated heterocycles. The van der Waals surface area contributed by atoms with Gasteiger partial charge >= 0.3 is 0 Å². The van der Waals surface area contributed by atoms with Crippen molar-refractivity contribution >= 4 is 38.3 Å². The van der Waals surface area contributed by atoms with Gasteiger partial charge in [0, 0.05) is 5.92 Å². The topological polar surface area (TPSA) is 64.1 Å². The van der Waals surface area contributed by atoms with E-state index in [0.717, 1.165) is 20.6 Å². The van der Waals surface area contributed by atoms with Gasteiger partial charge in [0.25, 0.3) is 5.91 Å². The van der Waals surface area contributed by atoms with Gasteiger partial charge in [-0.05, 0) is 52.0 Å². The maximum atomic E-state index is 12.3. The number of halogens is 1. The Morgan fingerprint density at radius 3 is 2.62 bits per heavy atom. The molecular formula is C22H22BrN3O2S. The van der Waals surface area contributed by atoms with E-state index in [9.17, 15) is 4.79 Å². The minimum Gasteiger partial charge on any atom is -0.483 e. The second kappa shape index (κ2) is 9.50. The van der Waals surface area contributed by atoms with Crippen LogP contribution in [0.3, 0.4) is 0 Å². The van der Waals surface area contributed by atoms with Crippen molar-refractivity contribution in [3.8, 4) is 16.9 Å². The Balaban J connectivity index is 1.32. The highest BCUT2D eigenvalue weighted by Crippen LogP contribution is 2.35. The van der Waals surface area contributed by atoms with E-state index in [2.05, 4.69) is 43.6 Å². The van der Waals surface area contributed by atoms with Crippen molar-refractivity contribution < 1.29 is 9.53 Å². The zero-order valence-electron chi connectivity index (χ0n) is 15.9. The Bertz CT molecular complexity index is 971. The van der Waals surface area contributed by atoms with Crippen molar-refractivity contribution in [3.05, 3.63) is 58.0 Å². The quantitative estimate of drug-likeness (QED) is 0.476. The molecule has 0 aliphatic heterocycles. The van der Waals surface area contributed by atoms with Gasteiger partial charge in [0.2, 0.25) is 5.13 Å². The average Bonchev–Trinajstić information content (AvgIpc) is 3.22. The lowest BCUT2D eigenvalue weighted by atomic mass is 9.90. The summed E-state index contributed by atoms with van der Waals surface area (Å²) in [6.45, 7) is -0.0817. The molecule has 150 valence electrons. The lowest BCUT2D eigenvalue weighted by Gasteiger charge is -2.18. The Morgan fingerprint density at radius 2 is 1.86 bits per heavy atom. The first kappa shape index (κ1) is 20.0. The predicted molar refractivity (Wildman–Crippen MR) is 119 cm³/mol. The molecule has 1 aliphatic carbocycles. The number of aromatic nitrogens is 2. The summed E-state index contributed by atoms with van der Waals surface area (Å²) in [5.41, 5.74) is 2.21. The van der Waals surface area contributed by atoms with Gasteiger partial charge in [-0.15, -0.1) is 10.2 Å². The van der Waals surface area contributed by atoms with Crippen LogP contribution in [0.25, 0.3) is 11.1 Å². The highest BCUT2D eigenvalue weighted by Gasteiger charge is 2.20. The molecule has 2 aromatic carbocycles. The molecule has 1 N–H and O–H groups in total. The zero-order valence-corrected chi connectivity index (χ0v) is 18.3. The first-order chi connectivity index (χ1) is 14.2. The van der Waals surface area contributed by atoms with Crippen LogP contribution < -0.4 is 10.1 Å². The van der Waals surface area contributed by atoms with Crippen LogP contribution in [0.2, 0.25) is 0 Å². The second-order valence-electron chi connectivity index (χ2n) is 7.13. The molecule has 0 unspecified atom stereocenters. The standard InChI is InChI=1S/C22H22BrN3O2S/c23-18-13-17(15-7-3-1-4-8-15)11-12-19(18)28-14-20(27)24-22-26-25-21(29-22)16-9-5-2-6-10-16/h1,3-4,7-8,11-13,16H,2,5-6,9-10,14H2,(H,24,26,27). The number of hydrogen-bond acceptors (Lipinski definition) is 5. The predicted octanol–water partition coefficient (Wildman–Crippen LogP) is 6.03. The normalized spacial score (nSPS) is 14.5. The van der Waals surface area contributed by atoms with Crippen molar-refractivity contribution in [1.82, 2.24) is 10.2 Å². The smallest absolute Gasteiger partial charge is 0.264 e. The molecule has 0 spiro atoms. The van der Waals surface area contributed by atoms with Gasteiger partial charge < -0.3 is 4.74 Å². The number of benzene rings is 2. The van der Waals surface area contributed by atoms with E-state index >= 15 is 0 Å². The third kappa shape index (κ3) is 5.22. The van der Waals surface area contributed by atoms with E-state index in [0.29, 0.717) is 16.8 Å². The summed E-state index contributed by atoms with van der Waals surface area (Å²) >= 11 is 5.00. The van der Waals surface area contributed by atoms with E-state index < -0.39 is 0 Å². The Labute approximate surface area is 182 Å². The third-order valence-corrected chi connectivity index (χ3v) is 6.66. The molecule has 1 amide bonds. The van der Waals surface area contributed by atoms with E-state index in [1.807, 2.05) is 36.4 Å².